The van der Waals surface area contributed by atoms with Crippen molar-refractivity contribution in [2.45, 2.75) is 77.2 Å². The zero-order chi connectivity index (χ0) is 11.1. The number of unbranched alkanes of at least 4 members (excludes halogenated alkanes) is 2. The van der Waals surface area contributed by atoms with E-state index in [1.54, 1.807) is 0 Å². The number of rotatable bonds is 6. The van der Waals surface area contributed by atoms with Crippen molar-refractivity contribution in [3.63, 3.8) is 0 Å². The van der Waals surface area contributed by atoms with Crippen molar-refractivity contribution >= 4 is 10.2 Å². The standard InChI is InChI=1S/C14H27Si/c1-3-5-8-12-10-7-11-13(14(12)15)9-6-4-2/h12-14H,3-11H2,1-2H3. The summed E-state index contributed by atoms with van der Waals surface area (Å²) in [4.78, 5) is 0. The zero-order valence-corrected chi connectivity index (χ0v) is 11.6. The quantitative estimate of drug-likeness (QED) is 0.571. The van der Waals surface area contributed by atoms with Gasteiger partial charge in [-0.05, 0) is 17.4 Å². The Hall–Kier alpha value is 0.217. The highest BCUT2D eigenvalue weighted by Crippen LogP contribution is 2.42. The molecular formula is C14H27Si. The van der Waals surface area contributed by atoms with Crippen molar-refractivity contribution in [1.29, 1.82) is 0 Å². The minimum atomic E-state index is 0.817. The Morgan fingerprint density at radius 1 is 0.933 bits per heavy atom. The van der Waals surface area contributed by atoms with Crippen LogP contribution in [-0.2, 0) is 0 Å². The van der Waals surface area contributed by atoms with Gasteiger partial charge in [-0.1, -0.05) is 71.6 Å². The van der Waals surface area contributed by atoms with Crippen molar-refractivity contribution in [2.75, 3.05) is 0 Å². The van der Waals surface area contributed by atoms with Gasteiger partial charge in [0.15, 0.2) is 0 Å². The molecule has 0 aromatic heterocycles. The predicted octanol–water partition coefficient (Wildman–Crippen LogP) is 4.74. The summed E-state index contributed by atoms with van der Waals surface area (Å²) in [6.45, 7) is 4.61. The molecule has 1 rings (SSSR count). The first kappa shape index (κ1) is 13.3. The van der Waals surface area contributed by atoms with Crippen molar-refractivity contribution in [3.8, 4) is 0 Å². The molecule has 15 heavy (non-hydrogen) atoms. The topological polar surface area (TPSA) is 0 Å². The molecule has 1 aliphatic rings. The third kappa shape index (κ3) is 4.30. The Bertz CT molecular complexity index is 139. The molecular weight excluding hydrogens is 196 g/mol. The molecule has 3 radical (unpaired) electrons. The summed E-state index contributed by atoms with van der Waals surface area (Å²) in [5.74, 6) is 1.94. The first-order valence-electron chi connectivity index (χ1n) is 7.00. The Morgan fingerprint density at radius 3 is 1.80 bits per heavy atom. The molecule has 0 aromatic carbocycles. The molecule has 1 heteroatoms. The van der Waals surface area contributed by atoms with Crippen LogP contribution in [0.25, 0.3) is 0 Å². The molecule has 0 N–H and O–H groups in total. The van der Waals surface area contributed by atoms with E-state index in [4.69, 9.17) is 0 Å². The third-order valence-electron chi connectivity index (χ3n) is 4.02. The van der Waals surface area contributed by atoms with Gasteiger partial charge in [0.25, 0.3) is 0 Å². The van der Waals surface area contributed by atoms with Crippen molar-refractivity contribution in [2.24, 2.45) is 11.8 Å². The molecule has 2 unspecified atom stereocenters. The summed E-state index contributed by atoms with van der Waals surface area (Å²) in [5.41, 5.74) is 0.817. The number of hydrogen-bond acceptors (Lipinski definition) is 0. The predicted molar refractivity (Wildman–Crippen MR) is 69.4 cm³/mol. The second-order valence-corrected chi connectivity index (χ2v) is 5.93. The van der Waals surface area contributed by atoms with E-state index in [9.17, 15) is 0 Å². The molecule has 0 aliphatic heterocycles. The average molecular weight is 223 g/mol. The van der Waals surface area contributed by atoms with Crippen LogP contribution in [0.15, 0.2) is 0 Å². The van der Waals surface area contributed by atoms with Gasteiger partial charge in [0.05, 0.1) is 0 Å². The van der Waals surface area contributed by atoms with Gasteiger partial charge in [-0.3, -0.25) is 0 Å². The summed E-state index contributed by atoms with van der Waals surface area (Å²) >= 11 is 0. The van der Waals surface area contributed by atoms with Gasteiger partial charge < -0.3 is 0 Å². The van der Waals surface area contributed by atoms with Crippen LogP contribution in [0.1, 0.15) is 71.6 Å². The van der Waals surface area contributed by atoms with Crippen molar-refractivity contribution < 1.29 is 0 Å². The lowest BCUT2D eigenvalue weighted by Crippen LogP contribution is -2.24. The van der Waals surface area contributed by atoms with Gasteiger partial charge in [0, 0.05) is 10.2 Å². The SMILES string of the molecule is CCCCC1CCCC(CCCC)C1[Si]. The van der Waals surface area contributed by atoms with Gasteiger partial charge in [0.1, 0.15) is 0 Å². The van der Waals surface area contributed by atoms with E-state index in [0.717, 1.165) is 17.4 Å². The van der Waals surface area contributed by atoms with E-state index < -0.39 is 0 Å². The van der Waals surface area contributed by atoms with E-state index in [1.807, 2.05) is 0 Å². The maximum atomic E-state index is 4.04. The Balaban J connectivity index is 2.33. The third-order valence-corrected chi connectivity index (χ3v) is 4.97. The summed E-state index contributed by atoms with van der Waals surface area (Å²) in [7, 11) is 4.04. The Morgan fingerprint density at radius 2 is 1.40 bits per heavy atom. The Kier molecular flexibility index (Phi) is 6.63. The molecule has 1 saturated carbocycles. The van der Waals surface area contributed by atoms with E-state index in [-0.39, 0.29) is 0 Å². The molecule has 0 nitrogen and oxygen atoms in total. The molecule has 0 aromatic rings. The highest BCUT2D eigenvalue weighted by molar-refractivity contribution is 6.12. The van der Waals surface area contributed by atoms with Gasteiger partial charge >= 0.3 is 0 Å². The molecule has 87 valence electrons. The fraction of sp³-hybridized carbons (Fsp3) is 1.00. The molecule has 2 atom stereocenters. The molecule has 0 spiro atoms. The lowest BCUT2D eigenvalue weighted by atomic mass is 9.76. The largest absolute Gasteiger partial charge is 0.0654 e. The van der Waals surface area contributed by atoms with Gasteiger partial charge in [-0.25, -0.2) is 0 Å². The molecule has 0 heterocycles. The molecule has 1 aliphatic carbocycles. The fourth-order valence-electron chi connectivity index (χ4n) is 2.97. The second-order valence-electron chi connectivity index (χ2n) is 5.26. The molecule has 0 amide bonds. The van der Waals surface area contributed by atoms with Crippen LogP contribution in [0.4, 0.5) is 0 Å². The van der Waals surface area contributed by atoms with Crippen LogP contribution >= 0.6 is 0 Å². The summed E-state index contributed by atoms with van der Waals surface area (Å²) in [5, 5.41) is 0. The first-order chi connectivity index (χ1) is 7.29. The monoisotopic (exact) mass is 223 g/mol. The van der Waals surface area contributed by atoms with Crippen molar-refractivity contribution in [3.05, 3.63) is 0 Å². The minimum Gasteiger partial charge on any atom is -0.0654 e. The maximum Gasteiger partial charge on any atom is 0.0273 e. The second kappa shape index (κ2) is 7.48. The van der Waals surface area contributed by atoms with Gasteiger partial charge in [0.2, 0.25) is 0 Å². The van der Waals surface area contributed by atoms with Crippen LogP contribution in [0.2, 0.25) is 5.54 Å². The fourth-order valence-corrected chi connectivity index (χ4v) is 3.63. The van der Waals surface area contributed by atoms with Crippen LogP contribution in [0.5, 0.6) is 0 Å². The lowest BCUT2D eigenvalue weighted by molar-refractivity contribution is 0.238. The highest BCUT2D eigenvalue weighted by Gasteiger charge is 2.28. The summed E-state index contributed by atoms with van der Waals surface area (Å²) in [6, 6.07) is 0. The molecule has 0 bridgehead atoms. The number of hydrogen-bond donors (Lipinski definition) is 0. The molecule has 0 saturated heterocycles. The van der Waals surface area contributed by atoms with E-state index in [2.05, 4.69) is 24.1 Å². The van der Waals surface area contributed by atoms with Crippen LogP contribution in [0.3, 0.4) is 0 Å². The maximum absolute atomic E-state index is 4.04. The minimum absolute atomic E-state index is 0.817. The van der Waals surface area contributed by atoms with Crippen LogP contribution in [0, 0.1) is 11.8 Å². The first-order valence-corrected chi connectivity index (χ1v) is 7.58. The lowest BCUT2D eigenvalue weighted by Gasteiger charge is -2.36. The van der Waals surface area contributed by atoms with E-state index in [0.29, 0.717) is 0 Å². The van der Waals surface area contributed by atoms with Crippen LogP contribution in [-0.4, -0.2) is 10.2 Å². The van der Waals surface area contributed by atoms with E-state index >= 15 is 0 Å². The highest BCUT2D eigenvalue weighted by atomic mass is 28.1. The van der Waals surface area contributed by atoms with Crippen LogP contribution < -0.4 is 0 Å². The summed E-state index contributed by atoms with van der Waals surface area (Å²) < 4.78 is 0. The Labute approximate surface area is 99.6 Å². The van der Waals surface area contributed by atoms with Gasteiger partial charge in [-0.2, -0.15) is 0 Å². The summed E-state index contributed by atoms with van der Waals surface area (Å²) in [6.07, 6.45) is 12.9. The van der Waals surface area contributed by atoms with Crippen molar-refractivity contribution in [1.82, 2.24) is 0 Å². The van der Waals surface area contributed by atoms with Gasteiger partial charge in [-0.15, -0.1) is 0 Å². The van der Waals surface area contributed by atoms with E-state index in [1.165, 1.54) is 57.8 Å². The average Bonchev–Trinajstić information content (AvgIpc) is 2.26. The molecule has 1 fully saturated rings. The zero-order valence-electron chi connectivity index (χ0n) is 10.6. The smallest absolute Gasteiger partial charge is 0.0273 e. The normalized spacial score (nSPS) is 31.8.